The van der Waals surface area contributed by atoms with E-state index in [4.69, 9.17) is 16.6 Å². The van der Waals surface area contributed by atoms with Gasteiger partial charge in [-0.25, -0.2) is 9.37 Å². The Morgan fingerprint density at radius 1 is 1.10 bits per heavy atom. The third-order valence-electron chi connectivity index (χ3n) is 6.13. The minimum Gasteiger partial charge on any atom is -0.366 e. The van der Waals surface area contributed by atoms with Gasteiger partial charge in [0.15, 0.2) is 0 Å². The minimum atomic E-state index is -0.385. The van der Waals surface area contributed by atoms with Crippen LogP contribution in [0.5, 0.6) is 0 Å². The van der Waals surface area contributed by atoms with E-state index in [9.17, 15) is 4.39 Å². The zero-order chi connectivity index (χ0) is 21.8. The van der Waals surface area contributed by atoms with Crippen LogP contribution < -0.4 is 4.90 Å². The second-order valence-electron chi connectivity index (χ2n) is 8.45. The maximum Gasteiger partial charge on any atom is 0.132 e. The Hall–Kier alpha value is -3.03. The molecule has 5 rings (SSSR count). The Morgan fingerprint density at radius 3 is 2.68 bits per heavy atom. The molecule has 6 nitrogen and oxygen atoms in total. The standard InChI is InChI=1S/C23H22ClFN6/c1-23(30(2)3)12-31(13-23)15-9-21-20(26-10-15)7-6-19(28-21)17-11-27-29-22(17)16-8-14(24)4-5-18(16)25/h4-11H,12-13H2,1-3H3,(H,27,29). The third-order valence-corrected chi connectivity index (χ3v) is 6.37. The number of rotatable bonds is 4. The molecule has 0 spiro atoms. The van der Waals surface area contributed by atoms with Gasteiger partial charge in [0.2, 0.25) is 0 Å². The van der Waals surface area contributed by atoms with E-state index in [2.05, 4.69) is 52.1 Å². The number of anilines is 1. The van der Waals surface area contributed by atoms with Gasteiger partial charge in [-0.15, -0.1) is 0 Å². The SMILES string of the molecule is CN(C)C1(C)CN(c2cnc3ccc(-c4c[nH]nc4-c4cc(Cl)ccc4F)nc3c2)C1. The van der Waals surface area contributed by atoms with Crippen molar-refractivity contribution in [2.75, 3.05) is 32.1 Å². The van der Waals surface area contributed by atoms with Gasteiger partial charge in [-0.05, 0) is 57.4 Å². The van der Waals surface area contributed by atoms with Gasteiger partial charge < -0.3 is 9.80 Å². The normalized spacial score (nSPS) is 15.5. The average molecular weight is 437 g/mol. The smallest absolute Gasteiger partial charge is 0.132 e. The predicted molar refractivity (Wildman–Crippen MR) is 122 cm³/mol. The summed E-state index contributed by atoms with van der Waals surface area (Å²) in [6, 6.07) is 10.3. The van der Waals surface area contributed by atoms with Crippen molar-refractivity contribution in [2.24, 2.45) is 0 Å². The van der Waals surface area contributed by atoms with Gasteiger partial charge in [-0.1, -0.05) is 11.6 Å². The Kier molecular flexibility index (Phi) is 4.68. The molecule has 1 saturated heterocycles. The monoisotopic (exact) mass is 436 g/mol. The molecule has 0 unspecified atom stereocenters. The Morgan fingerprint density at radius 2 is 1.90 bits per heavy atom. The van der Waals surface area contributed by atoms with Crippen molar-refractivity contribution in [2.45, 2.75) is 12.5 Å². The molecule has 0 bridgehead atoms. The highest BCUT2D eigenvalue weighted by atomic mass is 35.5. The number of aromatic amines is 1. The number of benzene rings is 1. The zero-order valence-corrected chi connectivity index (χ0v) is 18.3. The average Bonchev–Trinajstić information content (AvgIpc) is 3.22. The molecular formula is C23H22ClFN6. The van der Waals surface area contributed by atoms with Crippen molar-refractivity contribution in [3.8, 4) is 22.5 Å². The second kappa shape index (κ2) is 7.28. The van der Waals surface area contributed by atoms with Crippen molar-refractivity contribution >= 4 is 28.3 Å². The van der Waals surface area contributed by atoms with Crippen LogP contribution in [0.15, 0.2) is 48.8 Å². The van der Waals surface area contributed by atoms with E-state index < -0.39 is 0 Å². The molecule has 4 heterocycles. The van der Waals surface area contributed by atoms with Crippen LogP contribution >= 0.6 is 11.6 Å². The summed E-state index contributed by atoms with van der Waals surface area (Å²) in [5.74, 6) is -0.385. The van der Waals surface area contributed by atoms with Gasteiger partial charge in [0.25, 0.3) is 0 Å². The van der Waals surface area contributed by atoms with Gasteiger partial charge >= 0.3 is 0 Å². The molecule has 0 amide bonds. The van der Waals surface area contributed by atoms with Crippen LogP contribution in [0.4, 0.5) is 10.1 Å². The van der Waals surface area contributed by atoms with Crippen LogP contribution in [0, 0.1) is 5.82 Å². The number of nitrogens with zero attached hydrogens (tertiary/aromatic N) is 5. The fourth-order valence-electron chi connectivity index (χ4n) is 3.93. The molecule has 1 aliphatic heterocycles. The lowest BCUT2D eigenvalue weighted by molar-refractivity contribution is 0.133. The first-order chi connectivity index (χ1) is 14.8. The lowest BCUT2D eigenvalue weighted by atomic mass is 9.90. The summed E-state index contributed by atoms with van der Waals surface area (Å²) >= 11 is 6.08. The molecule has 0 saturated carbocycles. The number of hydrogen-bond donors (Lipinski definition) is 1. The topological polar surface area (TPSA) is 60.9 Å². The van der Waals surface area contributed by atoms with Crippen molar-refractivity contribution in [1.82, 2.24) is 25.1 Å². The number of hydrogen-bond acceptors (Lipinski definition) is 5. The first-order valence-corrected chi connectivity index (χ1v) is 10.4. The summed E-state index contributed by atoms with van der Waals surface area (Å²) in [6.45, 7) is 4.13. The summed E-state index contributed by atoms with van der Waals surface area (Å²) in [5.41, 5.74) is 5.01. The van der Waals surface area contributed by atoms with Crippen LogP contribution in [0.1, 0.15) is 6.92 Å². The summed E-state index contributed by atoms with van der Waals surface area (Å²) in [6.07, 6.45) is 3.61. The highest BCUT2D eigenvalue weighted by molar-refractivity contribution is 6.30. The molecule has 1 N–H and O–H groups in total. The van der Waals surface area contributed by atoms with E-state index in [1.165, 1.54) is 12.1 Å². The fraction of sp³-hybridized carbons (Fsp3) is 0.261. The summed E-state index contributed by atoms with van der Waals surface area (Å²) in [4.78, 5) is 14.0. The summed E-state index contributed by atoms with van der Waals surface area (Å²) in [7, 11) is 4.21. The van der Waals surface area contributed by atoms with Gasteiger partial charge in [-0.3, -0.25) is 10.1 Å². The van der Waals surface area contributed by atoms with E-state index in [0.29, 0.717) is 27.5 Å². The molecule has 3 aromatic heterocycles. The molecule has 31 heavy (non-hydrogen) atoms. The molecule has 0 atom stereocenters. The Balaban J connectivity index is 1.51. The molecule has 8 heteroatoms. The first kappa shape index (κ1) is 19.9. The van der Waals surface area contributed by atoms with Crippen molar-refractivity contribution in [1.29, 1.82) is 0 Å². The van der Waals surface area contributed by atoms with E-state index in [0.717, 1.165) is 29.8 Å². The van der Waals surface area contributed by atoms with E-state index in [1.807, 2.05) is 18.3 Å². The molecule has 1 aromatic carbocycles. The second-order valence-corrected chi connectivity index (χ2v) is 8.88. The number of nitrogens with one attached hydrogen (secondary N) is 1. The van der Waals surface area contributed by atoms with Gasteiger partial charge in [0.05, 0.1) is 34.2 Å². The van der Waals surface area contributed by atoms with E-state index >= 15 is 0 Å². The Bertz CT molecular complexity index is 1280. The first-order valence-electron chi connectivity index (χ1n) is 10.0. The highest BCUT2D eigenvalue weighted by Crippen LogP contribution is 2.34. The largest absolute Gasteiger partial charge is 0.366 e. The number of aromatic nitrogens is 4. The lowest BCUT2D eigenvalue weighted by Gasteiger charge is -2.53. The maximum absolute atomic E-state index is 14.4. The maximum atomic E-state index is 14.4. The molecule has 158 valence electrons. The number of halogens is 2. The zero-order valence-electron chi connectivity index (χ0n) is 17.5. The quantitative estimate of drug-likeness (QED) is 0.505. The van der Waals surface area contributed by atoms with Gasteiger partial charge in [0, 0.05) is 35.4 Å². The van der Waals surface area contributed by atoms with E-state index in [-0.39, 0.29) is 11.4 Å². The fourth-order valence-corrected chi connectivity index (χ4v) is 4.10. The number of H-pyrrole nitrogens is 1. The van der Waals surface area contributed by atoms with E-state index in [1.54, 1.807) is 12.3 Å². The molecule has 0 aliphatic carbocycles. The van der Waals surface area contributed by atoms with Crippen molar-refractivity contribution < 1.29 is 4.39 Å². The van der Waals surface area contributed by atoms with Crippen LogP contribution in [0.25, 0.3) is 33.5 Å². The van der Waals surface area contributed by atoms with Gasteiger partial charge in [0.1, 0.15) is 11.5 Å². The highest BCUT2D eigenvalue weighted by Gasteiger charge is 2.40. The summed E-state index contributed by atoms with van der Waals surface area (Å²) in [5, 5.41) is 7.53. The van der Waals surface area contributed by atoms with Crippen LogP contribution in [0.2, 0.25) is 5.02 Å². The van der Waals surface area contributed by atoms with Crippen LogP contribution in [-0.4, -0.2) is 57.8 Å². The predicted octanol–water partition coefficient (Wildman–Crippen LogP) is 4.62. The molecule has 1 fully saturated rings. The molecular weight excluding hydrogens is 415 g/mol. The lowest BCUT2D eigenvalue weighted by Crippen LogP contribution is -2.67. The number of pyridine rings is 2. The van der Waals surface area contributed by atoms with Crippen molar-refractivity contribution in [3.63, 3.8) is 0 Å². The summed E-state index contributed by atoms with van der Waals surface area (Å²) < 4.78 is 14.4. The van der Waals surface area contributed by atoms with Crippen LogP contribution in [0.3, 0.4) is 0 Å². The number of likely N-dealkylation sites (N-methyl/N-ethyl adjacent to an activating group) is 1. The molecule has 0 radical (unpaired) electrons. The van der Waals surface area contributed by atoms with Crippen molar-refractivity contribution in [3.05, 3.63) is 59.6 Å². The third kappa shape index (κ3) is 3.43. The molecule has 4 aromatic rings. The molecule has 1 aliphatic rings. The van der Waals surface area contributed by atoms with Gasteiger partial charge in [-0.2, -0.15) is 5.10 Å². The minimum absolute atomic E-state index is 0.164. The Labute approximate surface area is 184 Å². The number of fused-ring (bicyclic) bond motifs is 1. The van der Waals surface area contributed by atoms with Crippen LogP contribution in [-0.2, 0) is 0 Å².